The molecule has 1 aliphatic carbocycles. The topological polar surface area (TPSA) is 39.2 Å². The molecule has 0 spiro atoms. The summed E-state index contributed by atoms with van der Waals surface area (Å²) in [4.78, 5) is 14.3. The van der Waals surface area contributed by atoms with Gasteiger partial charge in [0, 0.05) is 0 Å². The van der Waals surface area contributed by atoms with Gasteiger partial charge in [-0.25, -0.2) is 4.98 Å². The molecule has 0 radical (unpaired) electrons. The normalized spacial score (nSPS) is 16.5. The first-order valence-electron chi connectivity index (χ1n) is 5.42. The fraction of sp³-hybridized carbons (Fsp3) is 0.500. The van der Waals surface area contributed by atoms with Crippen LogP contribution in [0.1, 0.15) is 36.2 Å². The standard InChI is InChI=1S/C12H15NO2/c14-8-11-5-6-12(7-13-11)15-9-10-3-1-2-4-10/h5-8,10H,1-4,9H2. The van der Waals surface area contributed by atoms with E-state index >= 15 is 0 Å². The van der Waals surface area contributed by atoms with Crippen LogP contribution < -0.4 is 4.74 Å². The minimum Gasteiger partial charge on any atom is -0.492 e. The first-order chi connectivity index (χ1) is 7.38. The number of hydrogen-bond acceptors (Lipinski definition) is 3. The lowest BCUT2D eigenvalue weighted by molar-refractivity contribution is 0.111. The number of carbonyl (C=O) groups excluding carboxylic acids is 1. The molecule has 3 heteroatoms. The smallest absolute Gasteiger partial charge is 0.168 e. The van der Waals surface area contributed by atoms with Crippen molar-refractivity contribution in [2.45, 2.75) is 25.7 Å². The van der Waals surface area contributed by atoms with Crippen LogP contribution in [0.15, 0.2) is 18.3 Å². The highest BCUT2D eigenvalue weighted by Crippen LogP contribution is 2.25. The van der Waals surface area contributed by atoms with Crippen molar-refractivity contribution in [3.63, 3.8) is 0 Å². The van der Waals surface area contributed by atoms with Gasteiger partial charge in [-0.1, -0.05) is 12.8 Å². The van der Waals surface area contributed by atoms with Crippen molar-refractivity contribution in [3.05, 3.63) is 24.0 Å². The molecule has 0 bridgehead atoms. The second-order valence-corrected chi connectivity index (χ2v) is 4.00. The first-order valence-corrected chi connectivity index (χ1v) is 5.42. The molecule has 2 rings (SSSR count). The monoisotopic (exact) mass is 205 g/mol. The highest BCUT2D eigenvalue weighted by atomic mass is 16.5. The summed E-state index contributed by atoms with van der Waals surface area (Å²) in [6.45, 7) is 0.780. The lowest BCUT2D eigenvalue weighted by Crippen LogP contribution is -2.08. The molecule has 0 aromatic carbocycles. The highest BCUT2D eigenvalue weighted by Gasteiger charge is 2.15. The van der Waals surface area contributed by atoms with E-state index in [0.29, 0.717) is 11.6 Å². The number of carbonyl (C=O) groups is 1. The Hall–Kier alpha value is -1.38. The molecule has 15 heavy (non-hydrogen) atoms. The Bertz CT molecular complexity index is 315. The quantitative estimate of drug-likeness (QED) is 0.709. The number of hydrogen-bond donors (Lipinski definition) is 0. The molecule has 80 valence electrons. The largest absolute Gasteiger partial charge is 0.492 e. The summed E-state index contributed by atoms with van der Waals surface area (Å²) in [6, 6.07) is 3.47. The van der Waals surface area contributed by atoms with Crippen LogP contribution in [0.5, 0.6) is 5.75 Å². The maximum absolute atomic E-state index is 10.4. The molecule has 0 N–H and O–H groups in total. The van der Waals surface area contributed by atoms with E-state index in [1.165, 1.54) is 25.7 Å². The van der Waals surface area contributed by atoms with Crippen LogP contribution in [0.25, 0.3) is 0 Å². The maximum Gasteiger partial charge on any atom is 0.168 e. The van der Waals surface area contributed by atoms with Crippen molar-refractivity contribution in [1.82, 2.24) is 4.98 Å². The molecular weight excluding hydrogens is 190 g/mol. The van der Waals surface area contributed by atoms with Gasteiger partial charge in [-0.2, -0.15) is 0 Å². The van der Waals surface area contributed by atoms with Gasteiger partial charge in [-0.3, -0.25) is 4.79 Å². The van der Waals surface area contributed by atoms with Gasteiger partial charge in [0.15, 0.2) is 6.29 Å². The average molecular weight is 205 g/mol. The summed E-state index contributed by atoms with van der Waals surface area (Å²) in [7, 11) is 0. The SMILES string of the molecule is O=Cc1ccc(OCC2CCCC2)cn1. The number of pyridine rings is 1. The van der Waals surface area contributed by atoms with Gasteiger partial charge in [-0.05, 0) is 30.9 Å². The minimum atomic E-state index is 0.447. The molecule has 0 unspecified atom stereocenters. The summed E-state index contributed by atoms with van der Waals surface area (Å²) < 4.78 is 5.61. The van der Waals surface area contributed by atoms with Crippen molar-refractivity contribution < 1.29 is 9.53 Å². The van der Waals surface area contributed by atoms with E-state index < -0.39 is 0 Å². The van der Waals surface area contributed by atoms with Crippen molar-refractivity contribution in [3.8, 4) is 5.75 Å². The van der Waals surface area contributed by atoms with Gasteiger partial charge in [0.05, 0.1) is 12.8 Å². The van der Waals surface area contributed by atoms with Crippen LogP contribution in [-0.2, 0) is 0 Å². The summed E-state index contributed by atoms with van der Waals surface area (Å²) in [6.07, 6.45) is 7.56. The predicted molar refractivity (Wildman–Crippen MR) is 57.1 cm³/mol. The number of rotatable bonds is 4. The van der Waals surface area contributed by atoms with Crippen molar-refractivity contribution >= 4 is 6.29 Å². The summed E-state index contributed by atoms with van der Waals surface area (Å²) in [5.41, 5.74) is 0.447. The summed E-state index contributed by atoms with van der Waals surface area (Å²) >= 11 is 0. The molecule has 0 aliphatic heterocycles. The Balaban J connectivity index is 1.84. The molecule has 1 aromatic heterocycles. The summed E-state index contributed by atoms with van der Waals surface area (Å²) in [5, 5.41) is 0. The Morgan fingerprint density at radius 1 is 1.40 bits per heavy atom. The molecule has 3 nitrogen and oxygen atoms in total. The van der Waals surface area contributed by atoms with Gasteiger partial charge in [0.1, 0.15) is 11.4 Å². The lowest BCUT2D eigenvalue weighted by atomic mass is 10.1. The van der Waals surface area contributed by atoms with E-state index in [2.05, 4.69) is 4.98 Å². The third-order valence-corrected chi connectivity index (χ3v) is 2.84. The second kappa shape index (κ2) is 4.91. The van der Waals surface area contributed by atoms with E-state index in [-0.39, 0.29) is 0 Å². The van der Waals surface area contributed by atoms with Crippen LogP contribution in [0, 0.1) is 5.92 Å². The Morgan fingerprint density at radius 2 is 2.20 bits per heavy atom. The van der Waals surface area contributed by atoms with Crippen LogP contribution in [0.4, 0.5) is 0 Å². The Kier molecular flexibility index (Phi) is 3.33. The number of aromatic nitrogens is 1. The number of ether oxygens (including phenoxy) is 1. The van der Waals surface area contributed by atoms with Gasteiger partial charge in [-0.15, -0.1) is 0 Å². The van der Waals surface area contributed by atoms with E-state index in [1.807, 2.05) is 0 Å². The zero-order valence-corrected chi connectivity index (χ0v) is 8.69. The fourth-order valence-electron chi connectivity index (χ4n) is 1.94. The lowest BCUT2D eigenvalue weighted by Gasteiger charge is -2.10. The average Bonchev–Trinajstić information content (AvgIpc) is 2.80. The molecule has 1 saturated carbocycles. The third kappa shape index (κ3) is 2.78. The van der Waals surface area contributed by atoms with Gasteiger partial charge >= 0.3 is 0 Å². The van der Waals surface area contributed by atoms with Crippen molar-refractivity contribution in [1.29, 1.82) is 0 Å². The van der Waals surface area contributed by atoms with Crippen LogP contribution in [0.3, 0.4) is 0 Å². The van der Waals surface area contributed by atoms with Crippen LogP contribution in [-0.4, -0.2) is 17.9 Å². The van der Waals surface area contributed by atoms with E-state index in [9.17, 15) is 4.79 Å². The number of nitrogens with zero attached hydrogens (tertiary/aromatic N) is 1. The fourth-order valence-corrected chi connectivity index (χ4v) is 1.94. The maximum atomic E-state index is 10.4. The molecule has 0 saturated heterocycles. The predicted octanol–water partition coefficient (Wildman–Crippen LogP) is 2.46. The van der Waals surface area contributed by atoms with Gasteiger partial charge < -0.3 is 4.74 Å². The molecule has 0 amide bonds. The molecule has 1 aromatic rings. The van der Waals surface area contributed by atoms with Crippen LogP contribution in [0.2, 0.25) is 0 Å². The summed E-state index contributed by atoms with van der Waals surface area (Å²) in [5.74, 6) is 1.46. The molecule has 1 fully saturated rings. The number of aldehydes is 1. The second-order valence-electron chi connectivity index (χ2n) is 4.00. The van der Waals surface area contributed by atoms with Gasteiger partial charge in [0.2, 0.25) is 0 Å². The Morgan fingerprint density at radius 3 is 2.80 bits per heavy atom. The van der Waals surface area contributed by atoms with Crippen molar-refractivity contribution in [2.75, 3.05) is 6.61 Å². The van der Waals surface area contributed by atoms with E-state index in [0.717, 1.165) is 18.6 Å². The zero-order valence-electron chi connectivity index (χ0n) is 8.69. The first kappa shape index (κ1) is 10.1. The Labute approximate surface area is 89.5 Å². The molecule has 1 aliphatic rings. The highest BCUT2D eigenvalue weighted by molar-refractivity contribution is 5.71. The van der Waals surface area contributed by atoms with E-state index in [4.69, 9.17) is 4.74 Å². The van der Waals surface area contributed by atoms with Crippen molar-refractivity contribution in [2.24, 2.45) is 5.92 Å². The third-order valence-electron chi connectivity index (χ3n) is 2.84. The molecule has 1 heterocycles. The zero-order chi connectivity index (χ0) is 10.5. The van der Waals surface area contributed by atoms with Crippen LogP contribution >= 0.6 is 0 Å². The minimum absolute atomic E-state index is 0.447. The van der Waals surface area contributed by atoms with E-state index in [1.54, 1.807) is 18.3 Å². The molecular formula is C12H15NO2. The van der Waals surface area contributed by atoms with Gasteiger partial charge in [0.25, 0.3) is 0 Å². The molecule has 0 atom stereocenters.